The molecule has 4 heteroatoms. The van der Waals surface area contributed by atoms with Crippen molar-refractivity contribution in [2.45, 2.75) is 70.3 Å². The normalized spacial score (nSPS) is 46.0. The van der Waals surface area contributed by atoms with Crippen LogP contribution in [0.2, 0.25) is 0 Å². The molecule has 0 radical (unpaired) electrons. The number of epoxide rings is 1. The first-order chi connectivity index (χ1) is 13.0. The number of carbonyl (C=O) groups excluding carboxylic acids is 1. The van der Waals surface area contributed by atoms with Crippen molar-refractivity contribution in [1.29, 1.82) is 0 Å². The molecule has 4 nitrogen and oxygen atoms in total. The minimum atomic E-state index is -0.0933. The molecule has 2 saturated heterocycles. The molecule has 1 N–H and O–H groups in total. The van der Waals surface area contributed by atoms with E-state index in [0.29, 0.717) is 12.5 Å². The third kappa shape index (κ3) is 2.45. The maximum atomic E-state index is 12.7. The molecule has 8 atom stereocenters. The summed E-state index contributed by atoms with van der Waals surface area (Å²) in [7, 11) is 0. The molecule has 5 rings (SSSR count). The maximum absolute atomic E-state index is 12.7. The largest absolute Gasteiger partial charge is 0.462 e. The predicted octanol–water partition coefficient (Wildman–Crippen LogP) is 3.86. The predicted molar refractivity (Wildman–Crippen MR) is 103 cm³/mol. The second-order valence-corrected chi connectivity index (χ2v) is 9.59. The van der Waals surface area contributed by atoms with Crippen LogP contribution in [0.25, 0.3) is 0 Å². The van der Waals surface area contributed by atoms with Gasteiger partial charge in [-0.3, -0.25) is 4.79 Å². The van der Waals surface area contributed by atoms with Crippen LogP contribution in [0.1, 0.15) is 58.1 Å². The van der Waals surface area contributed by atoms with Crippen LogP contribution in [-0.2, 0) is 14.3 Å². The van der Waals surface area contributed by atoms with Crippen molar-refractivity contribution in [3.63, 3.8) is 0 Å². The molecule has 2 saturated carbocycles. The molecule has 2 aliphatic carbocycles. The average molecular weight is 370 g/mol. The van der Waals surface area contributed by atoms with Gasteiger partial charge in [0.15, 0.2) is 0 Å². The van der Waals surface area contributed by atoms with Crippen molar-refractivity contribution < 1.29 is 14.3 Å². The fraction of sp³-hybridized carbons (Fsp3) is 0.696. The molecular weight excluding hydrogens is 338 g/mol. The van der Waals surface area contributed by atoms with Crippen LogP contribution >= 0.6 is 0 Å². The lowest BCUT2D eigenvalue weighted by atomic mass is 9.53. The summed E-state index contributed by atoms with van der Waals surface area (Å²) in [5.41, 5.74) is 1.40. The van der Waals surface area contributed by atoms with E-state index in [9.17, 15) is 4.79 Å². The van der Waals surface area contributed by atoms with E-state index in [-0.39, 0.29) is 47.1 Å². The van der Waals surface area contributed by atoms with Crippen molar-refractivity contribution in [3.05, 3.63) is 35.9 Å². The van der Waals surface area contributed by atoms with E-state index in [4.69, 9.17) is 9.47 Å². The topological polar surface area (TPSA) is 50.9 Å². The molecule has 1 spiro atoms. The summed E-state index contributed by atoms with van der Waals surface area (Å²) in [4.78, 5) is 12.7. The molecule has 1 aromatic rings. The van der Waals surface area contributed by atoms with Gasteiger partial charge in [0.05, 0.1) is 12.0 Å². The number of nitrogens with one attached hydrogen (secondary N) is 1. The second-order valence-electron chi connectivity index (χ2n) is 9.59. The molecule has 1 aromatic carbocycles. The Morgan fingerprint density at radius 1 is 1.30 bits per heavy atom. The monoisotopic (exact) mass is 369 g/mol. The third-order valence-electron chi connectivity index (χ3n) is 8.14. The molecule has 4 fully saturated rings. The highest BCUT2D eigenvalue weighted by Crippen LogP contribution is 2.70. The van der Waals surface area contributed by atoms with E-state index in [1.54, 1.807) is 0 Å². The first-order valence-electron chi connectivity index (χ1n) is 10.6. The van der Waals surface area contributed by atoms with Crippen LogP contribution in [0.5, 0.6) is 0 Å². The van der Waals surface area contributed by atoms with Gasteiger partial charge in [-0.15, -0.1) is 0 Å². The van der Waals surface area contributed by atoms with Gasteiger partial charge in [-0.1, -0.05) is 50.6 Å². The summed E-state index contributed by atoms with van der Waals surface area (Å²) < 4.78 is 12.4. The summed E-state index contributed by atoms with van der Waals surface area (Å²) in [5, 5.41) is 3.58. The van der Waals surface area contributed by atoms with Gasteiger partial charge in [0.25, 0.3) is 0 Å². The molecule has 4 aliphatic rings. The molecule has 146 valence electrons. The van der Waals surface area contributed by atoms with Gasteiger partial charge in [0.1, 0.15) is 11.7 Å². The smallest absolute Gasteiger partial charge is 0.311 e. The van der Waals surface area contributed by atoms with Crippen LogP contribution in [0.3, 0.4) is 0 Å². The number of hydrogen-bond acceptors (Lipinski definition) is 4. The minimum absolute atomic E-state index is 0.0102. The molecule has 0 amide bonds. The molecule has 2 aliphatic heterocycles. The minimum Gasteiger partial charge on any atom is -0.462 e. The van der Waals surface area contributed by atoms with Gasteiger partial charge in [0, 0.05) is 23.9 Å². The Morgan fingerprint density at radius 2 is 2.07 bits per heavy atom. The number of hydrogen-bond donors (Lipinski definition) is 1. The second kappa shape index (κ2) is 6.05. The first-order valence-corrected chi connectivity index (χ1v) is 10.6. The van der Waals surface area contributed by atoms with Crippen LogP contribution in [0.4, 0.5) is 0 Å². The molecular formula is C23H31NO3. The summed E-state index contributed by atoms with van der Waals surface area (Å²) in [5.74, 6) is 0.666. The zero-order valence-electron chi connectivity index (χ0n) is 16.6. The van der Waals surface area contributed by atoms with Crippen molar-refractivity contribution in [3.8, 4) is 0 Å². The molecule has 2 heterocycles. The molecule has 8 unspecified atom stereocenters. The zero-order chi connectivity index (χ0) is 18.8. The summed E-state index contributed by atoms with van der Waals surface area (Å²) >= 11 is 0. The lowest BCUT2D eigenvalue weighted by Crippen LogP contribution is -2.54. The average Bonchev–Trinajstić information content (AvgIpc) is 3.34. The van der Waals surface area contributed by atoms with E-state index in [2.05, 4.69) is 50.4 Å². The van der Waals surface area contributed by atoms with Crippen molar-refractivity contribution in [1.82, 2.24) is 5.32 Å². The van der Waals surface area contributed by atoms with E-state index in [0.717, 1.165) is 6.42 Å². The SMILES string of the molecule is CC(NCC1C(=O)OC2CC3(C)CCCC(C)C34OC4C21)c1ccccc1. The van der Waals surface area contributed by atoms with E-state index in [1.165, 1.54) is 24.8 Å². The Balaban J connectivity index is 1.34. The van der Waals surface area contributed by atoms with Crippen molar-refractivity contribution in [2.24, 2.45) is 23.2 Å². The number of ether oxygens (including phenoxy) is 2. The van der Waals surface area contributed by atoms with E-state index in [1.807, 2.05) is 6.07 Å². The van der Waals surface area contributed by atoms with Gasteiger partial charge in [-0.25, -0.2) is 0 Å². The van der Waals surface area contributed by atoms with Gasteiger partial charge in [0.2, 0.25) is 0 Å². The number of benzene rings is 1. The van der Waals surface area contributed by atoms with Gasteiger partial charge >= 0.3 is 5.97 Å². The Hall–Kier alpha value is -1.39. The van der Waals surface area contributed by atoms with Crippen LogP contribution < -0.4 is 5.32 Å². The highest BCUT2D eigenvalue weighted by molar-refractivity contribution is 5.76. The van der Waals surface area contributed by atoms with Crippen molar-refractivity contribution >= 4 is 5.97 Å². The molecule has 0 aromatic heterocycles. The quantitative estimate of drug-likeness (QED) is 0.647. The fourth-order valence-electron chi connectivity index (χ4n) is 6.63. The summed E-state index contributed by atoms with van der Waals surface area (Å²) in [6, 6.07) is 10.6. The first kappa shape index (κ1) is 17.7. The maximum Gasteiger partial charge on any atom is 0.311 e. The van der Waals surface area contributed by atoms with Crippen LogP contribution in [0.15, 0.2) is 30.3 Å². The zero-order valence-corrected chi connectivity index (χ0v) is 16.6. The molecule has 27 heavy (non-hydrogen) atoms. The summed E-state index contributed by atoms with van der Waals surface area (Å²) in [6.07, 6.45) is 4.90. The Morgan fingerprint density at radius 3 is 2.85 bits per heavy atom. The fourth-order valence-corrected chi connectivity index (χ4v) is 6.63. The number of rotatable bonds is 4. The van der Waals surface area contributed by atoms with E-state index >= 15 is 0 Å². The third-order valence-corrected chi connectivity index (χ3v) is 8.14. The van der Waals surface area contributed by atoms with Gasteiger partial charge in [-0.2, -0.15) is 0 Å². The van der Waals surface area contributed by atoms with Crippen LogP contribution in [0, 0.1) is 23.2 Å². The Labute approximate surface area is 162 Å². The highest BCUT2D eigenvalue weighted by atomic mass is 16.6. The number of fused-ring (bicyclic) bond motifs is 2. The number of carbonyl (C=O) groups is 1. The Bertz CT molecular complexity index is 736. The van der Waals surface area contributed by atoms with Gasteiger partial charge < -0.3 is 14.8 Å². The van der Waals surface area contributed by atoms with Crippen molar-refractivity contribution in [2.75, 3.05) is 6.54 Å². The number of esters is 1. The lowest BCUT2D eigenvalue weighted by Gasteiger charge is -2.48. The lowest BCUT2D eigenvalue weighted by molar-refractivity contribution is -0.146. The van der Waals surface area contributed by atoms with Gasteiger partial charge in [-0.05, 0) is 37.7 Å². The van der Waals surface area contributed by atoms with Crippen LogP contribution in [-0.4, -0.2) is 30.3 Å². The highest BCUT2D eigenvalue weighted by Gasteiger charge is 2.78. The molecule has 0 bridgehead atoms. The summed E-state index contributed by atoms with van der Waals surface area (Å²) in [6.45, 7) is 7.54. The standard InChI is InChI=1S/C23H31NO3/c1-14-8-7-11-22(3)12-18-19(20-23(14,22)27-20)17(21(25)26-18)13-24-15(2)16-9-5-4-6-10-16/h4-6,9-10,14-15,17-20,24H,7-8,11-13H2,1-3H3. The van der Waals surface area contributed by atoms with E-state index < -0.39 is 0 Å². The Kier molecular flexibility index (Phi) is 3.97.